The van der Waals surface area contributed by atoms with Crippen molar-refractivity contribution in [1.29, 1.82) is 0 Å². The van der Waals surface area contributed by atoms with Gasteiger partial charge in [0.1, 0.15) is 0 Å². The molecule has 0 radical (unpaired) electrons. The van der Waals surface area contributed by atoms with Crippen molar-refractivity contribution in [2.45, 2.75) is 45.1 Å². The molecule has 0 saturated heterocycles. The van der Waals surface area contributed by atoms with Gasteiger partial charge in [0.2, 0.25) is 5.91 Å². The molecule has 1 N–H and O–H groups in total. The Bertz CT molecular complexity index is 583. The molecule has 1 fully saturated rings. The van der Waals surface area contributed by atoms with Gasteiger partial charge in [-0.25, -0.2) is 4.98 Å². The predicted molar refractivity (Wildman–Crippen MR) is 79.1 cm³/mol. The summed E-state index contributed by atoms with van der Waals surface area (Å²) in [7, 11) is 1.81. The van der Waals surface area contributed by atoms with Gasteiger partial charge in [-0.3, -0.25) is 9.59 Å². The molecule has 6 heteroatoms. The number of carboxylic acids is 1. The van der Waals surface area contributed by atoms with Crippen molar-refractivity contribution in [1.82, 2.24) is 9.88 Å². The van der Waals surface area contributed by atoms with Gasteiger partial charge in [-0.1, -0.05) is 0 Å². The van der Waals surface area contributed by atoms with E-state index < -0.39 is 11.9 Å². The molecule has 1 amide bonds. The number of rotatable bonds is 3. The summed E-state index contributed by atoms with van der Waals surface area (Å²) in [4.78, 5) is 31.2. The zero-order chi connectivity index (χ0) is 15.1. The lowest BCUT2D eigenvalue weighted by Crippen LogP contribution is -2.46. The van der Waals surface area contributed by atoms with Gasteiger partial charge in [0.25, 0.3) is 0 Å². The van der Waals surface area contributed by atoms with E-state index in [1.807, 2.05) is 14.0 Å². The monoisotopic (exact) mass is 308 g/mol. The van der Waals surface area contributed by atoms with E-state index in [0.717, 1.165) is 30.0 Å². The van der Waals surface area contributed by atoms with Crippen LogP contribution in [-0.4, -0.2) is 33.9 Å². The summed E-state index contributed by atoms with van der Waals surface area (Å²) in [6.07, 6.45) is 4.28. The van der Waals surface area contributed by atoms with Crippen LogP contribution in [0.25, 0.3) is 0 Å². The van der Waals surface area contributed by atoms with Gasteiger partial charge in [0.15, 0.2) is 0 Å². The van der Waals surface area contributed by atoms with Crippen LogP contribution in [0.15, 0.2) is 0 Å². The van der Waals surface area contributed by atoms with Crippen molar-refractivity contribution >= 4 is 23.2 Å². The molecule has 1 aromatic rings. The van der Waals surface area contributed by atoms with Crippen molar-refractivity contribution in [3.63, 3.8) is 0 Å². The molecule has 0 aliphatic heterocycles. The number of carbonyl (C=O) groups is 2. The fraction of sp³-hybridized carbons (Fsp3) is 0.667. The highest BCUT2D eigenvalue weighted by Crippen LogP contribution is 2.41. The summed E-state index contributed by atoms with van der Waals surface area (Å²) >= 11 is 1.67. The Balaban J connectivity index is 1.78. The van der Waals surface area contributed by atoms with Crippen molar-refractivity contribution in [3.05, 3.63) is 15.6 Å². The minimum atomic E-state index is -0.842. The first-order chi connectivity index (χ1) is 9.99. The van der Waals surface area contributed by atoms with E-state index in [0.29, 0.717) is 12.8 Å². The highest BCUT2D eigenvalue weighted by atomic mass is 32.1. The molecule has 0 bridgehead atoms. The van der Waals surface area contributed by atoms with Crippen LogP contribution in [0.4, 0.5) is 0 Å². The third kappa shape index (κ3) is 2.46. The minimum Gasteiger partial charge on any atom is -0.481 e. The van der Waals surface area contributed by atoms with Crippen molar-refractivity contribution in [2.75, 3.05) is 7.05 Å². The van der Waals surface area contributed by atoms with E-state index in [9.17, 15) is 9.59 Å². The van der Waals surface area contributed by atoms with Gasteiger partial charge in [-0.05, 0) is 39.0 Å². The fourth-order valence-electron chi connectivity index (χ4n) is 3.40. The Labute approximate surface area is 128 Å². The zero-order valence-electron chi connectivity index (χ0n) is 12.3. The number of fused-ring (bicyclic) bond motifs is 1. The quantitative estimate of drug-likeness (QED) is 0.931. The van der Waals surface area contributed by atoms with Gasteiger partial charge < -0.3 is 10.0 Å². The van der Waals surface area contributed by atoms with Crippen LogP contribution >= 0.6 is 11.3 Å². The first kappa shape index (κ1) is 14.5. The Hall–Kier alpha value is -1.43. The third-order valence-corrected chi connectivity index (χ3v) is 5.87. The first-order valence-corrected chi connectivity index (χ1v) is 8.26. The number of thiazole rings is 1. The molecule has 114 valence electrons. The van der Waals surface area contributed by atoms with Crippen molar-refractivity contribution < 1.29 is 14.7 Å². The summed E-state index contributed by atoms with van der Waals surface area (Å²) in [6.45, 7) is 1.99. The van der Waals surface area contributed by atoms with Crippen molar-refractivity contribution in [3.8, 4) is 0 Å². The van der Waals surface area contributed by atoms with Crippen LogP contribution in [-0.2, 0) is 16.0 Å². The summed E-state index contributed by atoms with van der Waals surface area (Å²) in [5.74, 6) is -1.69. The maximum Gasteiger partial charge on any atom is 0.307 e. The first-order valence-electron chi connectivity index (χ1n) is 7.44. The smallest absolute Gasteiger partial charge is 0.307 e. The third-order valence-electron chi connectivity index (χ3n) is 4.75. The Morgan fingerprint density at radius 2 is 2.00 bits per heavy atom. The number of carboxylic acid groups (broad SMARTS) is 1. The summed E-state index contributed by atoms with van der Waals surface area (Å²) in [5.41, 5.74) is 1.12. The number of aromatic nitrogens is 1. The number of hydrogen-bond donors (Lipinski definition) is 1. The molecule has 1 saturated carbocycles. The standard InChI is InChI=1S/C15H20N2O3S/c1-8-16-11-4-3-5-12(13(11)21-8)17(2)14(18)9-6-7-10(9)15(19)20/h9-10,12H,3-7H2,1-2H3,(H,19,20). The van der Waals surface area contributed by atoms with E-state index in [2.05, 4.69) is 4.98 Å². The second-order valence-electron chi connectivity index (χ2n) is 6.03. The van der Waals surface area contributed by atoms with Crippen molar-refractivity contribution in [2.24, 2.45) is 11.8 Å². The maximum atomic E-state index is 12.6. The molecule has 3 unspecified atom stereocenters. The fourth-order valence-corrected chi connectivity index (χ4v) is 4.55. The van der Waals surface area contributed by atoms with Gasteiger partial charge >= 0.3 is 5.97 Å². The molecule has 2 aliphatic carbocycles. The van der Waals surface area contributed by atoms with E-state index >= 15 is 0 Å². The molecule has 21 heavy (non-hydrogen) atoms. The van der Waals surface area contributed by atoms with Gasteiger partial charge in [-0.15, -0.1) is 11.3 Å². The molecule has 1 aromatic heterocycles. The van der Waals surface area contributed by atoms with Gasteiger partial charge in [-0.2, -0.15) is 0 Å². The summed E-state index contributed by atoms with van der Waals surface area (Å²) in [5, 5.41) is 10.2. The molecular formula is C15H20N2O3S. The number of hydrogen-bond acceptors (Lipinski definition) is 4. The second-order valence-corrected chi connectivity index (χ2v) is 7.26. The van der Waals surface area contributed by atoms with Crippen LogP contribution in [0, 0.1) is 18.8 Å². The van der Waals surface area contributed by atoms with E-state index in [1.165, 1.54) is 4.88 Å². The molecule has 0 aromatic carbocycles. The number of carbonyl (C=O) groups excluding carboxylic acids is 1. The molecule has 3 rings (SSSR count). The number of nitrogens with zero attached hydrogens (tertiary/aromatic N) is 2. The average Bonchev–Trinajstić information content (AvgIpc) is 2.75. The van der Waals surface area contributed by atoms with Crippen LogP contribution in [0.1, 0.15) is 47.3 Å². The van der Waals surface area contributed by atoms with E-state index in [-0.39, 0.29) is 17.9 Å². The highest BCUT2D eigenvalue weighted by molar-refractivity contribution is 7.11. The zero-order valence-corrected chi connectivity index (χ0v) is 13.2. The lowest BCUT2D eigenvalue weighted by Gasteiger charge is -2.38. The lowest BCUT2D eigenvalue weighted by molar-refractivity contribution is -0.157. The van der Waals surface area contributed by atoms with Crippen LogP contribution in [0.5, 0.6) is 0 Å². The van der Waals surface area contributed by atoms with Crippen LogP contribution in [0.3, 0.4) is 0 Å². The lowest BCUT2D eigenvalue weighted by atomic mass is 9.72. The largest absolute Gasteiger partial charge is 0.481 e. The minimum absolute atomic E-state index is 0.0162. The molecule has 1 heterocycles. The average molecular weight is 308 g/mol. The number of aryl methyl sites for hydroxylation is 2. The van der Waals surface area contributed by atoms with Gasteiger partial charge in [0, 0.05) is 7.05 Å². The molecule has 2 aliphatic rings. The number of aliphatic carboxylic acids is 1. The molecule has 3 atom stereocenters. The van der Waals surface area contributed by atoms with Crippen LogP contribution < -0.4 is 0 Å². The van der Waals surface area contributed by atoms with E-state index in [1.54, 1.807) is 16.2 Å². The SMILES string of the molecule is Cc1nc2c(s1)C(N(C)C(=O)C1CCC1C(=O)O)CCC2. The predicted octanol–water partition coefficient (Wildman–Crippen LogP) is 2.40. The normalized spacial score (nSPS) is 27.6. The topological polar surface area (TPSA) is 70.5 Å². The number of amides is 1. The Kier molecular flexibility index (Phi) is 3.73. The van der Waals surface area contributed by atoms with Crippen LogP contribution in [0.2, 0.25) is 0 Å². The van der Waals surface area contributed by atoms with Gasteiger partial charge in [0.05, 0.1) is 33.5 Å². The summed E-state index contributed by atoms with van der Waals surface area (Å²) < 4.78 is 0. The van der Waals surface area contributed by atoms with E-state index in [4.69, 9.17) is 5.11 Å². The maximum absolute atomic E-state index is 12.6. The molecule has 5 nitrogen and oxygen atoms in total. The molecular weight excluding hydrogens is 288 g/mol. The highest BCUT2D eigenvalue weighted by Gasteiger charge is 2.44. The molecule has 0 spiro atoms. The second kappa shape index (κ2) is 5.40. The Morgan fingerprint density at radius 3 is 2.62 bits per heavy atom. The summed E-state index contributed by atoms with van der Waals surface area (Å²) in [6, 6.07) is 0.0718. The Morgan fingerprint density at radius 1 is 1.29 bits per heavy atom.